The maximum absolute atomic E-state index is 13.2. The summed E-state index contributed by atoms with van der Waals surface area (Å²) in [5.74, 6) is 0.211. The summed E-state index contributed by atoms with van der Waals surface area (Å²) in [5, 5.41) is 9.09. The minimum atomic E-state index is -0.990. The zero-order valence-electron chi connectivity index (χ0n) is 17.0. The Morgan fingerprint density at radius 2 is 1.10 bits per heavy atom. The highest BCUT2D eigenvalue weighted by molar-refractivity contribution is 8.00. The predicted molar refractivity (Wildman–Crippen MR) is 125 cm³/mol. The molecule has 0 atom stereocenters. The Balaban J connectivity index is 1.74. The Hall–Kier alpha value is -2.50. The first-order valence-corrected chi connectivity index (χ1v) is 11.7. The average molecular weight is 437 g/mol. The monoisotopic (exact) mass is 436 g/mol. The van der Waals surface area contributed by atoms with Crippen molar-refractivity contribution in [3.05, 3.63) is 95.1 Å². The van der Waals surface area contributed by atoms with Crippen LogP contribution in [0.3, 0.4) is 0 Å². The Bertz CT molecular complexity index is 945. The minimum Gasteiger partial charge on any atom is -0.478 e. The van der Waals surface area contributed by atoms with Crippen LogP contribution in [0.4, 0.5) is 0 Å². The number of carboxylic acid groups (broad SMARTS) is 1. The van der Waals surface area contributed by atoms with E-state index in [0.717, 1.165) is 9.79 Å². The second-order valence-electron chi connectivity index (χ2n) is 7.19. The van der Waals surface area contributed by atoms with Gasteiger partial charge in [-0.05, 0) is 50.2 Å². The summed E-state index contributed by atoms with van der Waals surface area (Å²) in [6.07, 6.45) is 0. The molecule has 3 aromatic carbocycles. The van der Waals surface area contributed by atoms with Crippen LogP contribution in [0.2, 0.25) is 0 Å². The van der Waals surface area contributed by atoms with Crippen molar-refractivity contribution in [2.45, 2.75) is 23.6 Å². The van der Waals surface area contributed by atoms with E-state index in [2.05, 4.69) is 62.4 Å². The number of carboxylic acids is 1. The van der Waals surface area contributed by atoms with Gasteiger partial charge >= 0.3 is 5.97 Å². The highest BCUT2D eigenvalue weighted by Gasteiger charge is 2.21. The van der Waals surface area contributed by atoms with E-state index in [1.54, 1.807) is 35.7 Å². The smallest absolute Gasteiger partial charge is 0.335 e. The lowest BCUT2D eigenvalue weighted by molar-refractivity contribution is 0.0696. The number of aromatic carboxylic acids is 1. The van der Waals surface area contributed by atoms with Crippen molar-refractivity contribution < 1.29 is 14.7 Å². The van der Waals surface area contributed by atoms with Gasteiger partial charge in [-0.3, -0.25) is 4.79 Å². The van der Waals surface area contributed by atoms with Gasteiger partial charge in [0.05, 0.1) is 5.56 Å². The van der Waals surface area contributed by atoms with E-state index in [9.17, 15) is 9.59 Å². The molecule has 0 aliphatic carbocycles. The van der Waals surface area contributed by atoms with Crippen molar-refractivity contribution in [2.24, 2.45) is 5.92 Å². The quantitative estimate of drug-likeness (QED) is 0.311. The molecule has 0 bridgehead atoms. The number of rotatable bonds is 9. The molecule has 0 heterocycles. The Morgan fingerprint density at radius 1 is 0.700 bits per heavy atom. The number of aryl methyl sites for hydroxylation is 2. The lowest BCUT2D eigenvalue weighted by atomic mass is 10.00. The first-order chi connectivity index (χ1) is 14.4. The number of hydrogen-bond donors (Lipinski definition) is 1. The number of Topliss-reactive ketones (excluding diaryl/α,β-unsaturated/α-hetero) is 1. The van der Waals surface area contributed by atoms with Crippen LogP contribution in [0.25, 0.3) is 0 Å². The minimum absolute atomic E-state index is 0.0474. The predicted octanol–water partition coefficient (Wildman–Crippen LogP) is 6.39. The molecule has 0 amide bonds. The molecule has 3 nitrogen and oxygen atoms in total. The van der Waals surface area contributed by atoms with E-state index in [1.807, 2.05) is 0 Å². The number of benzene rings is 3. The first kappa shape index (κ1) is 22.2. The van der Waals surface area contributed by atoms with E-state index in [1.165, 1.54) is 23.3 Å². The molecule has 0 unspecified atom stereocenters. The van der Waals surface area contributed by atoms with Crippen LogP contribution in [-0.2, 0) is 0 Å². The molecule has 154 valence electrons. The summed E-state index contributed by atoms with van der Waals surface area (Å²) in [6.45, 7) is 4.11. The maximum Gasteiger partial charge on any atom is 0.335 e. The van der Waals surface area contributed by atoms with Crippen molar-refractivity contribution in [1.29, 1.82) is 0 Å². The fraction of sp³-hybridized carbons (Fsp3) is 0.200. The number of ketones is 1. The second-order valence-corrected chi connectivity index (χ2v) is 9.38. The molecule has 3 rings (SSSR count). The third kappa shape index (κ3) is 6.25. The van der Waals surface area contributed by atoms with Gasteiger partial charge in [-0.15, -0.1) is 23.5 Å². The van der Waals surface area contributed by atoms with Crippen molar-refractivity contribution in [1.82, 2.24) is 0 Å². The highest BCUT2D eigenvalue weighted by Crippen LogP contribution is 2.28. The number of carbonyl (C=O) groups excluding carboxylic acids is 1. The molecule has 0 radical (unpaired) electrons. The number of thioether (sulfide) groups is 2. The average Bonchev–Trinajstić information content (AvgIpc) is 2.76. The van der Waals surface area contributed by atoms with Gasteiger partial charge in [-0.2, -0.15) is 0 Å². The lowest BCUT2D eigenvalue weighted by Crippen LogP contribution is -2.20. The molecule has 1 N–H and O–H groups in total. The van der Waals surface area contributed by atoms with Crippen LogP contribution in [0.5, 0.6) is 0 Å². The summed E-state index contributed by atoms with van der Waals surface area (Å²) in [7, 11) is 0. The molecule has 0 aliphatic rings. The first-order valence-electron chi connectivity index (χ1n) is 9.69. The Morgan fingerprint density at radius 3 is 1.50 bits per heavy atom. The highest BCUT2D eigenvalue weighted by atomic mass is 32.2. The van der Waals surface area contributed by atoms with Crippen LogP contribution in [0.1, 0.15) is 31.8 Å². The van der Waals surface area contributed by atoms with Gasteiger partial charge in [-0.25, -0.2) is 4.79 Å². The van der Waals surface area contributed by atoms with Crippen molar-refractivity contribution >= 4 is 35.3 Å². The second kappa shape index (κ2) is 10.5. The van der Waals surface area contributed by atoms with E-state index >= 15 is 0 Å². The van der Waals surface area contributed by atoms with Crippen LogP contribution < -0.4 is 0 Å². The summed E-state index contributed by atoms with van der Waals surface area (Å²) in [6, 6.07) is 22.8. The molecule has 30 heavy (non-hydrogen) atoms. The molecular weight excluding hydrogens is 412 g/mol. The van der Waals surface area contributed by atoms with Gasteiger partial charge in [0.2, 0.25) is 0 Å². The molecule has 0 aromatic heterocycles. The molecule has 3 aromatic rings. The zero-order chi connectivity index (χ0) is 21.5. The molecule has 0 fully saturated rings. The molecule has 0 aliphatic heterocycles. The molecule has 0 spiro atoms. The van der Waals surface area contributed by atoms with E-state index in [-0.39, 0.29) is 17.3 Å². The summed E-state index contributed by atoms with van der Waals surface area (Å²) >= 11 is 3.36. The zero-order valence-corrected chi connectivity index (χ0v) is 18.6. The van der Waals surface area contributed by atoms with Crippen molar-refractivity contribution in [3.63, 3.8) is 0 Å². The van der Waals surface area contributed by atoms with Gasteiger partial charge in [0.25, 0.3) is 0 Å². The largest absolute Gasteiger partial charge is 0.478 e. The van der Waals surface area contributed by atoms with E-state index in [4.69, 9.17) is 5.11 Å². The van der Waals surface area contributed by atoms with Gasteiger partial charge in [0.15, 0.2) is 5.78 Å². The SMILES string of the molecule is Cc1ccc(SCC(CSc2ccc(C)cc2)C(=O)c2ccc(C(=O)O)cc2)cc1. The van der Waals surface area contributed by atoms with Crippen LogP contribution >= 0.6 is 23.5 Å². The van der Waals surface area contributed by atoms with E-state index in [0.29, 0.717) is 17.1 Å². The number of hydrogen-bond acceptors (Lipinski definition) is 4. The topological polar surface area (TPSA) is 54.4 Å². The lowest BCUT2D eigenvalue weighted by Gasteiger charge is -2.16. The van der Waals surface area contributed by atoms with Crippen LogP contribution in [-0.4, -0.2) is 28.4 Å². The number of carbonyl (C=O) groups is 2. The Kier molecular flexibility index (Phi) is 7.77. The summed E-state index contributed by atoms with van der Waals surface area (Å²) < 4.78 is 0. The summed E-state index contributed by atoms with van der Waals surface area (Å²) in [5.41, 5.74) is 3.16. The molecule has 0 saturated heterocycles. The molecule has 0 saturated carbocycles. The fourth-order valence-corrected chi connectivity index (χ4v) is 5.01. The summed E-state index contributed by atoms with van der Waals surface area (Å²) in [4.78, 5) is 26.6. The maximum atomic E-state index is 13.2. The van der Waals surface area contributed by atoms with Crippen molar-refractivity contribution in [3.8, 4) is 0 Å². The third-order valence-electron chi connectivity index (χ3n) is 4.73. The van der Waals surface area contributed by atoms with Gasteiger partial charge in [0, 0.05) is 32.8 Å². The fourth-order valence-electron chi connectivity index (χ4n) is 2.87. The molecule has 5 heteroatoms. The standard InChI is InChI=1S/C25H24O3S2/c1-17-3-11-22(12-4-17)29-15-21(16-30-23-13-5-18(2)6-14-23)24(26)19-7-9-20(10-8-19)25(27)28/h3-14,21H,15-16H2,1-2H3,(H,27,28). The third-order valence-corrected chi connectivity index (χ3v) is 7.08. The van der Waals surface area contributed by atoms with Crippen molar-refractivity contribution in [2.75, 3.05) is 11.5 Å². The molecular formula is C25H24O3S2. The van der Waals surface area contributed by atoms with Gasteiger partial charge in [-0.1, -0.05) is 47.5 Å². The normalized spacial score (nSPS) is 10.9. The van der Waals surface area contributed by atoms with Gasteiger partial charge in [0.1, 0.15) is 0 Å². The van der Waals surface area contributed by atoms with Gasteiger partial charge < -0.3 is 5.11 Å². The van der Waals surface area contributed by atoms with E-state index < -0.39 is 5.97 Å². The van der Waals surface area contributed by atoms with Crippen LogP contribution in [0, 0.1) is 19.8 Å². The Labute approximate surface area is 185 Å². The van der Waals surface area contributed by atoms with Crippen LogP contribution in [0.15, 0.2) is 82.6 Å².